The Labute approximate surface area is 94.1 Å². The summed E-state index contributed by atoms with van der Waals surface area (Å²) in [6.07, 6.45) is 4.74. The summed E-state index contributed by atoms with van der Waals surface area (Å²) in [6, 6.07) is 0. The normalized spacial score (nSPS) is 17.4. The molecule has 0 radical (unpaired) electrons. The number of aromatic nitrogens is 2. The van der Waals surface area contributed by atoms with Gasteiger partial charge in [0, 0.05) is 38.3 Å². The molecular weight excluding hydrogens is 206 g/mol. The first-order valence-corrected chi connectivity index (χ1v) is 5.44. The minimum atomic E-state index is 0.0174. The van der Waals surface area contributed by atoms with Gasteiger partial charge in [0.1, 0.15) is 5.69 Å². The van der Waals surface area contributed by atoms with Gasteiger partial charge in [-0.1, -0.05) is 0 Å². The molecule has 86 valence electrons. The zero-order valence-electron chi connectivity index (χ0n) is 9.26. The van der Waals surface area contributed by atoms with Gasteiger partial charge >= 0.3 is 0 Å². The molecule has 16 heavy (non-hydrogen) atoms. The summed E-state index contributed by atoms with van der Waals surface area (Å²) < 4.78 is 0. The Hall–Kier alpha value is -1.65. The number of aromatic hydroxyl groups is 1. The maximum absolute atomic E-state index is 11.2. The van der Waals surface area contributed by atoms with Crippen LogP contribution in [0.2, 0.25) is 0 Å². The summed E-state index contributed by atoms with van der Waals surface area (Å²) in [4.78, 5) is 21.0. The van der Waals surface area contributed by atoms with Crippen molar-refractivity contribution in [2.24, 2.45) is 0 Å². The summed E-state index contributed by atoms with van der Waals surface area (Å²) in [5.41, 5.74) is 0.658. The zero-order valence-corrected chi connectivity index (χ0v) is 9.26. The van der Waals surface area contributed by atoms with Crippen LogP contribution in [0, 0.1) is 0 Å². The van der Waals surface area contributed by atoms with Crippen LogP contribution in [-0.4, -0.2) is 39.0 Å². The van der Waals surface area contributed by atoms with Crippen LogP contribution < -0.4 is 0 Å². The average Bonchev–Trinajstić information content (AvgIpc) is 2.30. The highest BCUT2D eigenvalue weighted by Gasteiger charge is 2.24. The van der Waals surface area contributed by atoms with Crippen molar-refractivity contribution in [1.29, 1.82) is 0 Å². The van der Waals surface area contributed by atoms with Crippen LogP contribution in [0.25, 0.3) is 0 Å². The van der Waals surface area contributed by atoms with Gasteiger partial charge in [0.15, 0.2) is 0 Å². The topological polar surface area (TPSA) is 66.3 Å². The van der Waals surface area contributed by atoms with Crippen molar-refractivity contribution in [1.82, 2.24) is 14.9 Å². The van der Waals surface area contributed by atoms with E-state index in [0.29, 0.717) is 5.69 Å². The molecule has 1 amide bonds. The van der Waals surface area contributed by atoms with E-state index in [4.69, 9.17) is 0 Å². The summed E-state index contributed by atoms with van der Waals surface area (Å²) in [6.45, 7) is 3.05. The molecule has 2 rings (SSSR count). The van der Waals surface area contributed by atoms with Crippen molar-refractivity contribution in [3.63, 3.8) is 0 Å². The van der Waals surface area contributed by atoms with E-state index >= 15 is 0 Å². The van der Waals surface area contributed by atoms with E-state index in [0.717, 1.165) is 25.9 Å². The summed E-state index contributed by atoms with van der Waals surface area (Å²) in [5.74, 6) is 0.342. The highest BCUT2D eigenvalue weighted by atomic mass is 16.3. The monoisotopic (exact) mass is 221 g/mol. The minimum absolute atomic E-state index is 0.0174. The number of amides is 1. The van der Waals surface area contributed by atoms with E-state index in [9.17, 15) is 9.90 Å². The number of hydrogen-bond acceptors (Lipinski definition) is 4. The third-order valence-corrected chi connectivity index (χ3v) is 3.03. The van der Waals surface area contributed by atoms with Crippen LogP contribution >= 0.6 is 0 Å². The summed E-state index contributed by atoms with van der Waals surface area (Å²) in [5, 5.41) is 9.58. The van der Waals surface area contributed by atoms with Gasteiger partial charge in [0.25, 0.3) is 0 Å². The first kappa shape index (κ1) is 10.9. The molecule has 5 nitrogen and oxygen atoms in total. The number of carbonyl (C=O) groups is 1. The SMILES string of the molecule is CC(=O)N1CCC(c2nccnc2O)CC1. The fraction of sp³-hybridized carbons (Fsp3) is 0.545. The van der Waals surface area contributed by atoms with E-state index in [2.05, 4.69) is 9.97 Å². The van der Waals surface area contributed by atoms with Gasteiger partial charge in [0.05, 0.1) is 0 Å². The number of rotatable bonds is 1. The number of nitrogens with zero attached hydrogens (tertiary/aromatic N) is 3. The first-order valence-electron chi connectivity index (χ1n) is 5.44. The van der Waals surface area contributed by atoms with Crippen molar-refractivity contribution < 1.29 is 9.90 Å². The smallest absolute Gasteiger partial charge is 0.233 e. The molecule has 5 heteroatoms. The molecule has 1 saturated heterocycles. The van der Waals surface area contributed by atoms with Crippen LogP contribution in [0.5, 0.6) is 5.88 Å². The minimum Gasteiger partial charge on any atom is -0.492 e. The second kappa shape index (κ2) is 4.47. The number of hydrogen-bond donors (Lipinski definition) is 1. The second-order valence-corrected chi connectivity index (χ2v) is 4.05. The average molecular weight is 221 g/mol. The van der Waals surface area contributed by atoms with E-state index < -0.39 is 0 Å². The lowest BCUT2D eigenvalue weighted by Gasteiger charge is -2.30. The van der Waals surface area contributed by atoms with Crippen LogP contribution in [0.3, 0.4) is 0 Å². The standard InChI is InChI=1S/C11H15N3O2/c1-8(15)14-6-2-9(3-7-14)10-11(16)13-5-4-12-10/h4-5,9H,2-3,6-7H2,1H3,(H,13,16). The van der Waals surface area contributed by atoms with Crippen LogP contribution in [-0.2, 0) is 4.79 Å². The van der Waals surface area contributed by atoms with Crippen molar-refractivity contribution in [3.8, 4) is 5.88 Å². The van der Waals surface area contributed by atoms with E-state index in [1.165, 1.54) is 6.20 Å². The first-order chi connectivity index (χ1) is 7.68. The Kier molecular flexibility index (Phi) is 3.03. The molecule has 0 aliphatic carbocycles. The molecule has 0 bridgehead atoms. The van der Waals surface area contributed by atoms with Gasteiger partial charge in [0.2, 0.25) is 11.8 Å². The highest BCUT2D eigenvalue weighted by molar-refractivity contribution is 5.73. The maximum Gasteiger partial charge on any atom is 0.233 e. The molecule has 0 unspecified atom stereocenters. The van der Waals surface area contributed by atoms with Crippen molar-refractivity contribution >= 4 is 5.91 Å². The summed E-state index contributed by atoms with van der Waals surface area (Å²) in [7, 11) is 0. The summed E-state index contributed by atoms with van der Waals surface area (Å²) >= 11 is 0. The van der Waals surface area contributed by atoms with Crippen LogP contribution in [0.4, 0.5) is 0 Å². The molecule has 1 aliphatic rings. The van der Waals surface area contributed by atoms with Gasteiger partial charge in [-0.25, -0.2) is 4.98 Å². The Morgan fingerprint density at radius 2 is 2.00 bits per heavy atom. The quantitative estimate of drug-likeness (QED) is 0.765. The molecule has 0 atom stereocenters. The van der Waals surface area contributed by atoms with Gasteiger partial charge in [-0.2, -0.15) is 0 Å². The molecule has 1 aromatic heterocycles. The van der Waals surface area contributed by atoms with Gasteiger partial charge in [-0.05, 0) is 12.8 Å². The van der Waals surface area contributed by atoms with Crippen molar-refractivity contribution in [2.75, 3.05) is 13.1 Å². The number of piperidine rings is 1. The molecular formula is C11H15N3O2. The van der Waals surface area contributed by atoms with Gasteiger partial charge in [-0.15, -0.1) is 0 Å². The number of likely N-dealkylation sites (tertiary alicyclic amines) is 1. The molecule has 1 aliphatic heterocycles. The fourth-order valence-electron chi connectivity index (χ4n) is 2.10. The largest absolute Gasteiger partial charge is 0.492 e. The van der Waals surface area contributed by atoms with Crippen molar-refractivity contribution in [2.45, 2.75) is 25.7 Å². The third kappa shape index (κ3) is 2.13. The molecule has 0 aromatic carbocycles. The predicted octanol–water partition coefficient (Wildman–Crippen LogP) is 0.908. The molecule has 1 N–H and O–H groups in total. The van der Waals surface area contributed by atoms with Crippen molar-refractivity contribution in [3.05, 3.63) is 18.1 Å². The maximum atomic E-state index is 11.2. The Morgan fingerprint density at radius 1 is 1.38 bits per heavy atom. The van der Waals surface area contributed by atoms with E-state index in [-0.39, 0.29) is 17.7 Å². The van der Waals surface area contributed by atoms with Gasteiger partial charge in [-0.3, -0.25) is 9.78 Å². The van der Waals surface area contributed by atoms with E-state index in [1.54, 1.807) is 13.1 Å². The van der Waals surface area contributed by atoms with Crippen LogP contribution in [0.1, 0.15) is 31.4 Å². The second-order valence-electron chi connectivity index (χ2n) is 4.05. The van der Waals surface area contributed by atoms with E-state index in [1.807, 2.05) is 4.90 Å². The molecule has 1 fully saturated rings. The zero-order chi connectivity index (χ0) is 11.5. The number of carbonyl (C=O) groups excluding carboxylic acids is 1. The fourth-order valence-corrected chi connectivity index (χ4v) is 2.10. The lowest BCUT2D eigenvalue weighted by atomic mass is 9.93. The highest BCUT2D eigenvalue weighted by Crippen LogP contribution is 2.30. The lowest BCUT2D eigenvalue weighted by Crippen LogP contribution is -2.36. The molecule has 0 saturated carbocycles. The molecule has 1 aromatic rings. The Balaban J connectivity index is 2.05. The lowest BCUT2D eigenvalue weighted by molar-refractivity contribution is -0.129. The third-order valence-electron chi connectivity index (χ3n) is 3.03. The Bertz CT molecular complexity index is 387. The predicted molar refractivity (Wildman–Crippen MR) is 57.9 cm³/mol. The van der Waals surface area contributed by atoms with Crippen LogP contribution in [0.15, 0.2) is 12.4 Å². The van der Waals surface area contributed by atoms with Gasteiger partial charge < -0.3 is 10.0 Å². The molecule has 0 spiro atoms. The molecule has 2 heterocycles. The Morgan fingerprint density at radius 3 is 2.56 bits per heavy atom.